The van der Waals surface area contributed by atoms with Gasteiger partial charge in [-0.2, -0.15) is 18.9 Å². The van der Waals surface area contributed by atoms with Gasteiger partial charge in [0.25, 0.3) is 0 Å². The van der Waals surface area contributed by atoms with Crippen LogP contribution in [0.25, 0.3) is 0 Å². The molecule has 0 saturated carbocycles. The first kappa shape index (κ1) is 37.0. The number of esters is 2. The number of nitrogens with zero attached hydrogens (tertiary/aromatic N) is 2. The lowest BCUT2D eigenvalue weighted by Gasteiger charge is -2.26. The van der Waals surface area contributed by atoms with Crippen LogP contribution in [0.2, 0.25) is 0 Å². The van der Waals surface area contributed by atoms with Crippen molar-refractivity contribution in [2.75, 3.05) is 25.6 Å². The van der Waals surface area contributed by atoms with Crippen molar-refractivity contribution in [3.05, 3.63) is 53.1 Å². The number of ether oxygens (including phenoxy) is 3. The molecule has 0 spiro atoms. The van der Waals surface area contributed by atoms with Gasteiger partial charge in [-0.1, -0.05) is 45.9 Å². The van der Waals surface area contributed by atoms with Crippen LogP contribution in [0.3, 0.4) is 0 Å². The Bertz CT molecular complexity index is 1410. The SMILES string of the molecule is CC(C)CCOC(=O)C[C@H](NP(=O)(OC[C@H]1O[C@@H](n2ccc(N)nc2=O)C(F)(F)C1O)Oc1ccccc1)C(=O)OCCC(C)C. The number of alkyl halides is 2. The predicted octanol–water partition coefficient (Wildman–Crippen LogP) is 3.45. The van der Waals surface area contributed by atoms with Gasteiger partial charge in [-0.15, -0.1) is 0 Å². The van der Waals surface area contributed by atoms with Crippen LogP contribution in [0.4, 0.5) is 14.6 Å². The normalized spacial score (nSPS) is 21.1. The Morgan fingerprint density at radius 3 is 2.35 bits per heavy atom. The summed E-state index contributed by atoms with van der Waals surface area (Å²) in [4.78, 5) is 41.4. The quantitative estimate of drug-likeness (QED) is 0.164. The number of hydrogen-bond donors (Lipinski definition) is 3. The molecule has 1 aromatic carbocycles. The number of carbonyl (C=O) groups excluding carboxylic acids is 2. The summed E-state index contributed by atoms with van der Waals surface area (Å²) < 4.78 is 71.6. The summed E-state index contributed by atoms with van der Waals surface area (Å²) in [6, 6.07) is 7.08. The zero-order chi connectivity index (χ0) is 34.1. The molecule has 1 saturated heterocycles. The molecule has 2 heterocycles. The van der Waals surface area contributed by atoms with E-state index in [1.165, 1.54) is 12.1 Å². The number of hydrogen-bond acceptors (Lipinski definition) is 12. The lowest BCUT2D eigenvalue weighted by atomic mass is 10.1. The second kappa shape index (κ2) is 16.4. The van der Waals surface area contributed by atoms with Crippen LogP contribution in [0.15, 0.2) is 47.4 Å². The molecule has 5 atom stereocenters. The molecule has 0 radical (unpaired) electrons. The van der Waals surface area contributed by atoms with E-state index in [2.05, 4.69) is 10.1 Å². The van der Waals surface area contributed by atoms with E-state index in [1.54, 1.807) is 18.2 Å². The molecule has 1 fully saturated rings. The van der Waals surface area contributed by atoms with E-state index in [-0.39, 0.29) is 36.6 Å². The van der Waals surface area contributed by atoms with E-state index in [1.807, 2.05) is 27.7 Å². The van der Waals surface area contributed by atoms with Crippen molar-refractivity contribution in [2.24, 2.45) is 11.8 Å². The number of carbonyl (C=O) groups is 2. The van der Waals surface area contributed by atoms with Crippen LogP contribution in [0, 0.1) is 11.8 Å². The largest absolute Gasteiger partial charge is 0.466 e. The molecule has 46 heavy (non-hydrogen) atoms. The third-order valence-corrected chi connectivity index (χ3v) is 8.30. The summed E-state index contributed by atoms with van der Waals surface area (Å²) in [6.07, 6.45) is -5.29. The van der Waals surface area contributed by atoms with Gasteiger partial charge < -0.3 is 29.6 Å². The van der Waals surface area contributed by atoms with E-state index >= 15 is 8.78 Å². The summed E-state index contributed by atoms with van der Waals surface area (Å²) in [5.74, 6) is -5.56. The fourth-order valence-corrected chi connectivity index (χ4v) is 5.60. The van der Waals surface area contributed by atoms with E-state index in [4.69, 9.17) is 29.0 Å². The fourth-order valence-electron chi connectivity index (χ4n) is 4.09. The molecule has 1 aromatic heterocycles. The Balaban J connectivity index is 1.84. The topological polar surface area (TPSA) is 191 Å². The third-order valence-electron chi connectivity index (χ3n) is 6.73. The molecule has 0 bridgehead atoms. The summed E-state index contributed by atoms with van der Waals surface area (Å²) in [5, 5.41) is 12.8. The van der Waals surface area contributed by atoms with Crippen LogP contribution < -0.4 is 21.0 Å². The van der Waals surface area contributed by atoms with Crippen molar-refractivity contribution in [3.63, 3.8) is 0 Å². The summed E-state index contributed by atoms with van der Waals surface area (Å²) in [6.45, 7) is 6.83. The van der Waals surface area contributed by atoms with Crippen LogP contribution in [0.1, 0.15) is 53.2 Å². The second-order valence-electron chi connectivity index (χ2n) is 11.5. The van der Waals surface area contributed by atoms with Crippen molar-refractivity contribution in [3.8, 4) is 5.75 Å². The number of benzene rings is 1. The highest BCUT2D eigenvalue weighted by Crippen LogP contribution is 2.48. The van der Waals surface area contributed by atoms with Crippen LogP contribution in [-0.4, -0.2) is 70.6 Å². The monoisotopic (exact) mass is 674 g/mol. The number of aliphatic hydroxyl groups is 1. The van der Waals surface area contributed by atoms with Crippen molar-refractivity contribution in [2.45, 2.75) is 77.4 Å². The van der Waals surface area contributed by atoms with E-state index in [0.29, 0.717) is 17.4 Å². The highest BCUT2D eigenvalue weighted by Gasteiger charge is 2.60. The summed E-state index contributed by atoms with van der Waals surface area (Å²) >= 11 is 0. The van der Waals surface area contributed by atoms with Gasteiger partial charge in [0, 0.05) is 6.20 Å². The first-order valence-electron chi connectivity index (χ1n) is 14.8. The first-order valence-corrected chi connectivity index (χ1v) is 16.3. The molecule has 4 N–H and O–H groups in total. The van der Waals surface area contributed by atoms with Gasteiger partial charge in [-0.3, -0.25) is 18.7 Å². The molecular weight excluding hydrogens is 633 g/mol. The Morgan fingerprint density at radius 2 is 1.74 bits per heavy atom. The number of nitrogen functional groups attached to an aromatic ring is 1. The minimum Gasteiger partial charge on any atom is -0.466 e. The van der Waals surface area contributed by atoms with Gasteiger partial charge in [0.1, 0.15) is 23.7 Å². The zero-order valence-corrected chi connectivity index (χ0v) is 26.9. The maximum atomic E-state index is 15.1. The Hall–Kier alpha value is -3.43. The van der Waals surface area contributed by atoms with Gasteiger partial charge >= 0.3 is 31.3 Å². The summed E-state index contributed by atoms with van der Waals surface area (Å²) in [5.41, 5.74) is 4.28. The molecule has 0 amide bonds. The van der Waals surface area contributed by atoms with Gasteiger partial charge in [0.05, 0.1) is 26.2 Å². The van der Waals surface area contributed by atoms with Gasteiger partial charge in [-0.05, 0) is 42.9 Å². The number of halogens is 2. The number of anilines is 1. The smallest absolute Gasteiger partial charge is 0.459 e. The molecule has 256 valence electrons. The molecule has 2 unspecified atom stereocenters. The lowest BCUT2D eigenvalue weighted by molar-refractivity contribution is -0.152. The molecule has 14 nitrogen and oxygen atoms in total. The molecule has 3 rings (SSSR count). The van der Waals surface area contributed by atoms with Gasteiger partial charge in [0.2, 0.25) is 6.23 Å². The maximum Gasteiger partial charge on any atom is 0.459 e. The number of rotatable bonds is 17. The van der Waals surface area contributed by atoms with E-state index < -0.39 is 68.8 Å². The standard InChI is InChI=1S/C29H41F2N4O10P/c1-18(2)11-14-41-24(36)16-21(26(38)42-15-12-19(3)4)34-46(40,45-20-8-6-5-7-9-20)43-17-22-25(37)29(30,31)27(44-22)35-13-10-23(32)33-28(35)39/h5-10,13,18-19,21-22,25,27,37H,11-12,14-17H2,1-4H3,(H,34,40)(H2,32,33,39)/t21-,22+,25?,27+,46?/m0/s1. The zero-order valence-electron chi connectivity index (χ0n) is 26.0. The molecule has 2 aromatic rings. The van der Waals surface area contributed by atoms with Crippen molar-refractivity contribution in [1.82, 2.24) is 14.6 Å². The molecular formula is C29H41F2N4O10P. The van der Waals surface area contributed by atoms with E-state index in [0.717, 1.165) is 12.3 Å². The average Bonchev–Trinajstić information content (AvgIpc) is 3.19. The third kappa shape index (κ3) is 10.6. The van der Waals surface area contributed by atoms with Crippen molar-refractivity contribution in [1.29, 1.82) is 0 Å². The molecule has 1 aliphatic heterocycles. The van der Waals surface area contributed by atoms with Crippen molar-refractivity contribution < 1.29 is 51.3 Å². The Labute approximate surface area is 265 Å². The second-order valence-corrected chi connectivity index (χ2v) is 13.2. The van der Waals surface area contributed by atoms with Crippen LogP contribution in [0.5, 0.6) is 5.75 Å². The average molecular weight is 675 g/mol. The summed E-state index contributed by atoms with van der Waals surface area (Å²) in [7, 11) is -4.72. The fraction of sp³-hybridized carbons (Fsp3) is 0.586. The van der Waals surface area contributed by atoms with Crippen LogP contribution in [-0.2, 0) is 32.9 Å². The number of aromatic nitrogens is 2. The molecule has 1 aliphatic rings. The predicted molar refractivity (Wildman–Crippen MR) is 161 cm³/mol. The Kier molecular flexibility index (Phi) is 13.2. The highest BCUT2D eigenvalue weighted by atomic mass is 31.2. The minimum absolute atomic E-state index is 0.000280. The number of nitrogens with one attached hydrogen (secondary N) is 1. The molecule has 17 heteroatoms. The molecule has 0 aliphatic carbocycles. The number of para-hydroxylation sites is 1. The van der Waals surface area contributed by atoms with Gasteiger partial charge in [0.15, 0.2) is 6.10 Å². The first-order chi connectivity index (χ1) is 21.6. The Morgan fingerprint density at radius 1 is 1.11 bits per heavy atom. The maximum absolute atomic E-state index is 15.1. The highest BCUT2D eigenvalue weighted by molar-refractivity contribution is 7.52. The lowest BCUT2D eigenvalue weighted by Crippen LogP contribution is -2.42. The van der Waals surface area contributed by atoms with Gasteiger partial charge in [-0.25, -0.2) is 9.36 Å². The number of aliphatic hydroxyl groups excluding tert-OH is 1. The van der Waals surface area contributed by atoms with Crippen molar-refractivity contribution >= 4 is 25.5 Å². The number of nitrogens with two attached hydrogens (primary N) is 1. The van der Waals surface area contributed by atoms with Crippen LogP contribution >= 0.6 is 7.75 Å². The van der Waals surface area contributed by atoms with E-state index in [9.17, 15) is 24.1 Å². The minimum atomic E-state index is -4.72.